The molecule has 0 aromatic heterocycles. The van der Waals surface area contributed by atoms with Gasteiger partial charge in [-0.3, -0.25) is 24.0 Å². The monoisotopic (exact) mass is 681 g/mol. The molecule has 1 saturated heterocycles. The fourth-order valence-electron chi connectivity index (χ4n) is 6.21. The third-order valence-corrected chi connectivity index (χ3v) is 9.34. The molecule has 1 heterocycles. The molecule has 10 nitrogen and oxygen atoms in total. The second kappa shape index (κ2) is 18.1. The lowest BCUT2D eigenvalue weighted by Gasteiger charge is -2.32. The van der Waals surface area contributed by atoms with Crippen molar-refractivity contribution >= 4 is 29.5 Å². The van der Waals surface area contributed by atoms with Crippen LogP contribution in [0.4, 0.5) is 0 Å². The Bertz CT molecular complexity index is 1580. The van der Waals surface area contributed by atoms with E-state index < -0.39 is 59.7 Å². The maximum Gasteiger partial charge on any atom is 0.245 e. The van der Waals surface area contributed by atoms with Crippen LogP contribution in [0.3, 0.4) is 0 Å². The van der Waals surface area contributed by atoms with E-state index in [9.17, 15) is 24.0 Å². The van der Waals surface area contributed by atoms with Gasteiger partial charge in [-0.05, 0) is 34.9 Å². The van der Waals surface area contributed by atoms with Gasteiger partial charge in [-0.2, -0.15) is 0 Å². The van der Waals surface area contributed by atoms with Crippen LogP contribution in [0.25, 0.3) is 0 Å². The highest BCUT2D eigenvalue weighted by molar-refractivity contribution is 5.98. The first-order valence-corrected chi connectivity index (χ1v) is 17.6. The largest absolute Gasteiger partial charge is 0.342 e. The summed E-state index contributed by atoms with van der Waals surface area (Å²) in [5, 5.41) is 11.7. The van der Waals surface area contributed by atoms with Crippen molar-refractivity contribution in [3.05, 3.63) is 108 Å². The SMILES string of the molecule is CC[C@H](C)[C@H]1NC(=O)[C@H](CC(C)C)NC(=O)[C@H](Cc2ccccc2)N(C)C(=O)[C@H](Cc2ccccc2)NC(=O)[C@H](Cc2ccccc2)NC1=O. The summed E-state index contributed by atoms with van der Waals surface area (Å²) >= 11 is 0. The number of carbonyl (C=O) groups excluding carboxylic acids is 5. The summed E-state index contributed by atoms with van der Waals surface area (Å²) < 4.78 is 0. The first kappa shape index (κ1) is 37.8. The molecule has 0 spiro atoms. The van der Waals surface area contributed by atoms with Crippen molar-refractivity contribution in [2.45, 2.75) is 90.0 Å². The number of rotatable bonds is 10. The molecule has 1 aliphatic rings. The molecule has 10 heteroatoms. The maximum absolute atomic E-state index is 14.5. The van der Waals surface area contributed by atoms with Gasteiger partial charge in [0, 0.05) is 26.3 Å². The maximum atomic E-state index is 14.5. The van der Waals surface area contributed by atoms with Crippen molar-refractivity contribution < 1.29 is 24.0 Å². The fraction of sp³-hybridized carbons (Fsp3) is 0.425. The molecular weight excluding hydrogens is 630 g/mol. The Labute approximate surface area is 295 Å². The van der Waals surface area contributed by atoms with E-state index in [-0.39, 0.29) is 31.1 Å². The lowest BCUT2D eigenvalue weighted by atomic mass is 9.95. The lowest BCUT2D eigenvalue weighted by molar-refractivity contribution is -0.142. The molecule has 3 aromatic rings. The topological polar surface area (TPSA) is 137 Å². The summed E-state index contributed by atoms with van der Waals surface area (Å²) in [7, 11) is 1.55. The van der Waals surface area contributed by atoms with E-state index in [1.807, 2.05) is 119 Å². The molecule has 0 aliphatic carbocycles. The number of nitrogens with one attached hydrogen (secondary N) is 4. The molecule has 266 valence electrons. The van der Waals surface area contributed by atoms with Gasteiger partial charge in [0.15, 0.2) is 0 Å². The minimum atomic E-state index is -1.06. The van der Waals surface area contributed by atoms with Crippen LogP contribution in [0.15, 0.2) is 91.0 Å². The van der Waals surface area contributed by atoms with E-state index in [4.69, 9.17) is 0 Å². The second-order valence-electron chi connectivity index (χ2n) is 13.7. The van der Waals surface area contributed by atoms with E-state index >= 15 is 0 Å². The van der Waals surface area contributed by atoms with Crippen LogP contribution in [0.1, 0.15) is 57.2 Å². The van der Waals surface area contributed by atoms with E-state index in [2.05, 4.69) is 21.3 Å². The van der Waals surface area contributed by atoms with Crippen molar-refractivity contribution in [1.29, 1.82) is 0 Å². The first-order valence-electron chi connectivity index (χ1n) is 17.6. The number of likely N-dealkylation sites (N-methyl/N-ethyl adjacent to an activating group) is 1. The molecule has 3 aromatic carbocycles. The molecule has 0 radical (unpaired) electrons. The molecule has 4 rings (SSSR count). The van der Waals surface area contributed by atoms with Crippen LogP contribution < -0.4 is 21.3 Å². The Morgan fingerprint density at radius 2 is 1.00 bits per heavy atom. The second-order valence-corrected chi connectivity index (χ2v) is 13.7. The summed E-state index contributed by atoms with van der Waals surface area (Å²) in [6.45, 7) is 7.68. The molecule has 0 unspecified atom stereocenters. The number of amides is 5. The Hall–Kier alpha value is -4.99. The van der Waals surface area contributed by atoms with Gasteiger partial charge in [-0.15, -0.1) is 0 Å². The van der Waals surface area contributed by atoms with Gasteiger partial charge >= 0.3 is 0 Å². The Balaban J connectivity index is 1.82. The van der Waals surface area contributed by atoms with Crippen LogP contribution in [0.5, 0.6) is 0 Å². The van der Waals surface area contributed by atoms with Gasteiger partial charge in [-0.25, -0.2) is 0 Å². The van der Waals surface area contributed by atoms with Gasteiger partial charge in [0.2, 0.25) is 29.5 Å². The Morgan fingerprint density at radius 1 is 0.560 bits per heavy atom. The average molecular weight is 682 g/mol. The summed E-state index contributed by atoms with van der Waals surface area (Å²) in [5.74, 6) is -2.79. The highest BCUT2D eigenvalue weighted by atomic mass is 16.2. The van der Waals surface area contributed by atoms with Crippen molar-refractivity contribution in [3.63, 3.8) is 0 Å². The van der Waals surface area contributed by atoms with Gasteiger partial charge < -0.3 is 26.2 Å². The molecule has 4 N–H and O–H groups in total. The van der Waals surface area contributed by atoms with E-state index in [1.165, 1.54) is 4.90 Å². The molecule has 1 aliphatic heterocycles. The van der Waals surface area contributed by atoms with Gasteiger partial charge in [0.25, 0.3) is 0 Å². The summed E-state index contributed by atoms with van der Waals surface area (Å²) in [4.78, 5) is 72.2. The highest BCUT2D eigenvalue weighted by Crippen LogP contribution is 2.17. The molecule has 0 bridgehead atoms. The van der Waals surface area contributed by atoms with Crippen LogP contribution in [-0.2, 0) is 43.2 Å². The van der Waals surface area contributed by atoms with Crippen molar-refractivity contribution in [3.8, 4) is 0 Å². The fourth-order valence-corrected chi connectivity index (χ4v) is 6.21. The number of hydrogen-bond acceptors (Lipinski definition) is 5. The average Bonchev–Trinajstić information content (AvgIpc) is 3.11. The highest BCUT2D eigenvalue weighted by Gasteiger charge is 2.38. The third-order valence-electron chi connectivity index (χ3n) is 9.34. The summed E-state index contributed by atoms with van der Waals surface area (Å²) in [5.41, 5.74) is 2.45. The molecule has 6 atom stereocenters. The van der Waals surface area contributed by atoms with Crippen molar-refractivity contribution in [1.82, 2.24) is 26.2 Å². The van der Waals surface area contributed by atoms with Crippen LogP contribution in [-0.4, -0.2) is 71.7 Å². The minimum absolute atomic E-state index is 0.0308. The zero-order valence-electron chi connectivity index (χ0n) is 29.7. The van der Waals surface area contributed by atoms with Gasteiger partial charge in [0.05, 0.1) is 0 Å². The minimum Gasteiger partial charge on any atom is -0.342 e. The Kier molecular flexibility index (Phi) is 13.7. The zero-order chi connectivity index (χ0) is 36.2. The van der Waals surface area contributed by atoms with E-state index in [0.717, 1.165) is 16.7 Å². The van der Waals surface area contributed by atoms with Gasteiger partial charge in [-0.1, -0.05) is 125 Å². The van der Waals surface area contributed by atoms with Gasteiger partial charge in [0.1, 0.15) is 30.2 Å². The van der Waals surface area contributed by atoms with Crippen molar-refractivity contribution in [2.75, 3.05) is 7.05 Å². The molecule has 0 saturated carbocycles. The Morgan fingerprint density at radius 3 is 1.50 bits per heavy atom. The predicted molar refractivity (Wildman–Crippen MR) is 194 cm³/mol. The van der Waals surface area contributed by atoms with Crippen LogP contribution in [0.2, 0.25) is 0 Å². The number of nitrogens with zero attached hydrogens (tertiary/aromatic N) is 1. The smallest absolute Gasteiger partial charge is 0.245 e. The zero-order valence-corrected chi connectivity index (χ0v) is 29.7. The third kappa shape index (κ3) is 10.5. The van der Waals surface area contributed by atoms with E-state index in [0.29, 0.717) is 12.8 Å². The molecule has 50 heavy (non-hydrogen) atoms. The van der Waals surface area contributed by atoms with Crippen LogP contribution >= 0.6 is 0 Å². The van der Waals surface area contributed by atoms with Crippen LogP contribution in [0, 0.1) is 11.8 Å². The lowest BCUT2D eigenvalue weighted by Crippen LogP contribution is -2.59. The number of carbonyl (C=O) groups is 5. The molecule has 5 amide bonds. The first-order chi connectivity index (χ1) is 24.0. The normalized spacial score (nSPS) is 23.2. The summed E-state index contributed by atoms with van der Waals surface area (Å²) in [6.07, 6.45) is 1.40. The van der Waals surface area contributed by atoms with Crippen molar-refractivity contribution in [2.24, 2.45) is 11.8 Å². The standard InChI is InChI=1S/C40H51N5O5/c1-6-27(4)35-39(49)42-32(23-28-16-10-7-11-17-28)36(46)43-33(24-29-18-12-8-13-19-29)40(50)45(5)34(25-30-20-14-9-15-21-30)38(48)41-31(22-26(2)3)37(47)44-35/h7-21,26-27,31-35H,6,22-25H2,1-5H3,(H,41,48)(H,42,49)(H,43,46)(H,44,47)/t27-,31-,32-,33-,34-,35+/m0/s1. The number of benzene rings is 3. The number of hydrogen-bond donors (Lipinski definition) is 4. The van der Waals surface area contributed by atoms with E-state index in [1.54, 1.807) is 7.05 Å². The quantitative estimate of drug-likeness (QED) is 0.260. The molecular formula is C40H51N5O5. The summed E-state index contributed by atoms with van der Waals surface area (Å²) in [6, 6.07) is 22.9. The predicted octanol–water partition coefficient (Wildman–Crippen LogP) is 3.59. The molecule has 1 fully saturated rings.